The Kier molecular flexibility index (Phi) is 41.5. The number of rotatable bonds is 58. The number of nitrogens with one attached hydrogen (secondary N) is 8. The van der Waals surface area contributed by atoms with Crippen LogP contribution in [0.4, 0.5) is 0 Å². The van der Waals surface area contributed by atoms with Crippen LogP contribution in [0.3, 0.4) is 0 Å². The topological polar surface area (TPSA) is 460 Å². The van der Waals surface area contributed by atoms with Gasteiger partial charge in [-0.2, -0.15) is 0 Å². The molecule has 0 bridgehead atoms. The third-order valence-corrected chi connectivity index (χ3v) is 16.1. The van der Waals surface area contributed by atoms with Crippen LogP contribution in [-0.4, -0.2) is 185 Å². The normalized spacial score (nSPS) is 11.5. The van der Waals surface area contributed by atoms with Crippen molar-refractivity contribution in [3.63, 3.8) is 0 Å². The predicted molar refractivity (Wildman–Crippen MR) is 370 cm³/mol. The molecule has 0 aliphatic carbocycles. The van der Waals surface area contributed by atoms with Crippen LogP contribution in [0.15, 0.2) is 61.2 Å². The van der Waals surface area contributed by atoms with E-state index in [9.17, 15) is 71.9 Å². The molecule has 0 aromatic carbocycles. The highest BCUT2D eigenvalue weighted by molar-refractivity contribution is 5.90. The Hall–Kier alpha value is -10.2. The first-order valence-corrected chi connectivity index (χ1v) is 35.2. The smallest absolute Gasteiger partial charge is 0.305 e. The summed E-state index contributed by atoms with van der Waals surface area (Å²) in [5.74, 6) is -5.50. The van der Waals surface area contributed by atoms with E-state index in [-0.39, 0.29) is 220 Å². The van der Waals surface area contributed by atoms with Gasteiger partial charge in [0, 0.05) is 180 Å². The van der Waals surface area contributed by atoms with Crippen molar-refractivity contribution < 1.29 is 77.0 Å². The van der Waals surface area contributed by atoms with E-state index >= 15 is 0 Å². The number of carbonyl (C=O) groups is 15. The highest BCUT2D eigenvalue weighted by Crippen LogP contribution is 2.19. The Balaban J connectivity index is 1.05. The zero-order chi connectivity index (χ0) is 74.1. The van der Waals surface area contributed by atoms with Gasteiger partial charge in [-0.1, -0.05) is 29.0 Å². The molecule has 0 saturated heterocycles. The number of aliphatic carboxylic acids is 1. The van der Waals surface area contributed by atoms with Gasteiger partial charge in [0.15, 0.2) is 5.78 Å². The van der Waals surface area contributed by atoms with Crippen molar-refractivity contribution in [3.8, 4) is 22.8 Å². The first-order chi connectivity index (χ1) is 49.1. The SMILES string of the molecule is CC(=O)NC(CCCCNC(=O)CCn1cc(-c2ccccn2)nn1)C(=O)CCCC(=O)CCCC(=O)CCCC(=O)CCCC(=O)CCCC(=O)CC(CCCCNC(=O)CCn1cc(-c2ccccn2)nn1)C(=O)NCCC(=O)NCCC(=O)NCCC(=O)NCCC(=O)NCCC(=O)O. The summed E-state index contributed by atoms with van der Waals surface area (Å²) in [6.45, 7) is 2.58. The molecule has 0 radical (unpaired) electrons. The van der Waals surface area contributed by atoms with Crippen LogP contribution in [0.25, 0.3) is 22.8 Å². The van der Waals surface area contributed by atoms with Crippen molar-refractivity contribution in [2.45, 2.75) is 212 Å². The molecule has 32 heteroatoms. The fourth-order valence-corrected chi connectivity index (χ4v) is 10.5. The summed E-state index contributed by atoms with van der Waals surface area (Å²) in [4.78, 5) is 195. The zero-order valence-electron chi connectivity index (χ0n) is 58.4. The number of carboxylic acids is 1. The fraction of sp³-hybridized carbons (Fsp3) is 0.586. The Morgan fingerprint density at radius 2 is 0.745 bits per heavy atom. The lowest BCUT2D eigenvalue weighted by atomic mass is 9.93. The van der Waals surface area contributed by atoms with E-state index in [0.717, 1.165) is 0 Å². The molecule has 4 aromatic heterocycles. The van der Waals surface area contributed by atoms with Gasteiger partial charge < -0.3 is 47.6 Å². The molecule has 32 nitrogen and oxygen atoms in total. The van der Waals surface area contributed by atoms with Gasteiger partial charge in [-0.05, 0) is 88.5 Å². The van der Waals surface area contributed by atoms with Gasteiger partial charge >= 0.3 is 5.97 Å². The molecule has 0 aliphatic rings. The van der Waals surface area contributed by atoms with Crippen LogP contribution in [0, 0.1) is 5.92 Å². The lowest BCUT2D eigenvalue weighted by Gasteiger charge is -2.17. The van der Waals surface area contributed by atoms with Crippen LogP contribution in [0.5, 0.6) is 0 Å². The van der Waals surface area contributed by atoms with Crippen molar-refractivity contribution in [2.24, 2.45) is 5.92 Å². The molecule has 2 unspecified atom stereocenters. The van der Waals surface area contributed by atoms with Crippen LogP contribution in [0.1, 0.15) is 193 Å². The number of hydrogen-bond donors (Lipinski definition) is 9. The van der Waals surface area contributed by atoms with E-state index in [1.165, 1.54) is 6.92 Å². The molecule has 4 rings (SSSR count). The number of ketones is 6. The quantitative estimate of drug-likeness (QED) is 0.0286. The molecule has 0 saturated carbocycles. The van der Waals surface area contributed by atoms with Crippen LogP contribution < -0.4 is 42.5 Å². The largest absolute Gasteiger partial charge is 0.481 e. The van der Waals surface area contributed by atoms with E-state index in [0.29, 0.717) is 100 Å². The number of hydrogen-bond acceptors (Lipinski definition) is 21. The van der Waals surface area contributed by atoms with Crippen molar-refractivity contribution in [1.29, 1.82) is 0 Å². The number of aryl methyl sites for hydroxylation is 2. The molecule has 0 fully saturated rings. The van der Waals surface area contributed by atoms with Gasteiger partial charge in [0.2, 0.25) is 47.3 Å². The molecule has 0 aliphatic heterocycles. The second-order valence-electron chi connectivity index (χ2n) is 24.8. The molecule has 556 valence electrons. The van der Waals surface area contributed by atoms with Crippen LogP contribution in [-0.2, 0) is 85.0 Å². The van der Waals surface area contributed by atoms with Gasteiger partial charge in [0.05, 0.1) is 49.3 Å². The van der Waals surface area contributed by atoms with Crippen LogP contribution >= 0.6 is 0 Å². The standard InChI is InChI=1S/C70H100N16O16/c1-50(87)80-59(27-5-9-39-74-68(99)35-46-86-49-61(82-84-86)58-26-4-8-37-72-58)62(93)28-14-23-55(91)21-12-19-53(89)17-10-16-52(88)18-11-20-54(90)22-13-24-56(92)47-51(15-2-6-38-73-67(98)34-45-85-48-60(81-83-85)57-25-3-7-36-71-57)70(102)79-43-32-66(97)77-41-30-64(95)75-40-29-63(94)76-42-31-65(96)78-44-33-69(100)101/h3-4,7-8,25-26,36-37,48-49,51,59H,2,5-6,9-24,27-35,38-47H2,1H3,(H,73,98)(H,74,99)(H,75,95)(H,76,94)(H,77,97)(H,78,96)(H,79,102)(H,80,87)(H,100,101). The number of carboxylic acid groups (broad SMARTS) is 1. The fourth-order valence-electron chi connectivity index (χ4n) is 10.5. The van der Waals surface area contributed by atoms with E-state index in [2.05, 4.69) is 73.1 Å². The highest BCUT2D eigenvalue weighted by atomic mass is 16.4. The van der Waals surface area contributed by atoms with Gasteiger partial charge in [-0.15, -0.1) is 10.2 Å². The molecule has 4 heterocycles. The monoisotopic (exact) mass is 1420 g/mol. The van der Waals surface area contributed by atoms with E-state index in [4.69, 9.17) is 5.11 Å². The first-order valence-electron chi connectivity index (χ1n) is 35.2. The van der Waals surface area contributed by atoms with E-state index < -0.39 is 47.5 Å². The van der Waals surface area contributed by atoms with Crippen molar-refractivity contribution in [2.75, 3.05) is 45.8 Å². The highest BCUT2D eigenvalue weighted by Gasteiger charge is 2.24. The molecule has 0 spiro atoms. The van der Waals surface area contributed by atoms with Crippen molar-refractivity contribution >= 4 is 87.9 Å². The first kappa shape index (κ1) is 84.2. The minimum Gasteiger partial charge on any atom is -0.481 e. The predicted octanol–water partition coefficient (Wildman–Crippen LogP) is 3.44. The maximum absolute atomic E-state index is 13.5. The average molecular weight is 1420 g/mol. The molecular formula is C70H100N16O16. The summed E-state index contributed by atoms with van der Waals surface area (Å²) in [5, 5.41) is 46.2. The van der Waals surface area contributed by atoms with Gasteiger partial charge in [0.25, 0.3) is 0 Å². The summed E-state index contributed by atoms with van der Waals surface area (Å²) in [6.07, 6.45) is 12.0. The molecule has 102 heavy (non-hydrogen) atoms. The molecule has 4 aromatic rings. The lowest BCUT2D eigenvalue weighted by Crippen LogP contribution is -2.39. The Morgan fingerprint density at radius 3 is 1.14 bits per heavy atom. The maximum atomic E-state index is 13.5. The van der Waals surface area contributed by atoms with Crippen LogP contribution in [0.2, 0.25) is 0 Å². The number of carbonyl (C=O) groups excluding carboxylic acids is 14. The van der Waals surface area contributed by atoms with Gasteiger partial charge in [-0.3, -0.25) is 91.2 Å². The lowest BCUT2D eigenvalue weighted by molar-refractivity contribution is -0.137. The second kappa shape index (κ2) is 50.2. The Bertz CT molecular complexity index is 3360. The summed E-state index contributed by atoms with van der Waals surface area (Å²) < 4.78 is 3.13. The summed E-state index contributed by atoms with van der Waals surface area (Å²) in [6, 6.07) is 10.2. The Morgan fingerprint density at radius 1 is 0.382 bits per heavy atom. The van der Waals surface area contributed by atoms with Crippen molar-refractivity contribution in [1.82, 2.24) is 82.5 Å². The second-order valence-corrected chi connectivity index (χ2v) is 24.8. The Labute approximate surface area is 593 Å². The number of unbranched alkanes of at least 4 members (excludes halogenated alkanes) is 2. The number of amides is 8. The summed E-state index contributed by atoms with van der Waals surface area (Å²) in [7, 11) is 0. The van der Waals surface area contributed by atoms with Crippen molar-refractivity contribution in [3.05, 3.63) is 61.2 Å². The number of Topliss-reactive ketones (excluding diaryl/α,β-unsaturated/α-hetero) is 6. The maximum Gasteiger partial charge on any atom is 0.305 e. The zero-order valence-corrected chi connectivity index (χ0v) is 58.4. The van der Waals surface area contributed by atoms with E-state index in [1.54, 1.807) is 52.4 Å². The van der Waals surface area contributed by atoms with E-state index in [1.807, 2.05) is 18.2 Å². The van der Waals surface area contributed by atoms with Gasteiger partial charge in [0.1, 0.15) is 40.3 Å². The molecular weight excluding hydrogens is 1320 g/mol. The third kappa shape index (κ3) is 39.6. The summed E-state index contributed by atoms with van der Waals surface area (Å²) >= 11 is 0. The molecule has 8 amide bonds. The minimum absolute atomic E-state index is 0.00590. The average Bonchev–Trinajstić information content (AvgIpc) is 1.73. The molecule has 9 N–H and O–H groups in total. The summed E-state index contributed by atoms with van der Waals surface area (Å²) in [5.41, 5.74) is 2.51. The van der Waals surface area contributed by atoms with Gasteiger partial charge in [-0.25, -0.2) is 0 Å². The number of nitrogens with zero attached hydrogens (tertiary/aromatic N) is 8. The molecule has 2 atom stereocenters. The minimum atomic E-state index is -1.05. The third-order valence-electron chi connectivity index (χ3n) is 16.1. The number of aromatic nitrogens is 8. The number of pyridine rings is 2.